The maximum absolute atomic E-state index is 12.4. The van der Waals surface area contributed by atoms with Gasteiger partial charge in [0.15, 0.2) is 0 Å². The molecule has 0 aliphatic carbocycles. The number of allylic oxidation sites excluding steroid dienone is 1. The van der Waals surface area contributed by atoms with E-state index in [-0.39, 0.29) is 23.7 Å². The molecule has 0 saturated carbocycles. The molecule has 1 heterocycles. The van der Waals surface area contributed by atoms with Gasteiger partial charge in [-0.05, 0) is 44.9 Å². The Balaban J connectivity index is 2.64. The summed E-state index contributed by atoms with van der Waals surface area (Å²) in [7, 11) is 0. The number of ether oxygens (including phenoxy) is 1. The summed E-state index contributed by atoms with van der Waals surface area (Å²) in [6.45, 7) is 11.0. The van der Waals surface area contributed by atoms with Gasteiger partial charge in [-0.2, -0.15) is 0 Å². The van der Waals surface area contributed by atoms with E-state index in [0.29, 0.717) is 22.5 Å². The zero-order valence-electron chi connectivity index (χ0n) is 19.9. The van der Waals surface area contributed by atoms with Gasteiger partial charge < -0.3 is 25.6 Å². The predicted molar refractivity (Wildman–Crippen MR) is 125 cm³/mol. The first-order valence-electron chi connectivity index (χ1n) is 10.7. The largest absolute Gasteiger partial charge is 0.478 e. The number of carboxylic acids is 2. The van der Waals surface area contributed by atoms with E-state index in [1.165, 1.54) is 12.2 Å². The monoisotopic (exact) mass is 456 g/mol. The Bertz CT molecular complexity index is 1030. The third-order valence-corrected chi connectivity index (χ3v) is 4.91. The minimum atomic E-state index is -1.22. The first-order chi connectivity index (χ1) is 15.3. The van der Waals surface area contributed by atoms with E-state index in [1.54, 1.807) is 52.0 Å². The fraction of sp³-hybridized carbons (Fsp3) is 0.400. The average Bonchev–Trinajstić information content (AvgIpc) is 2.68. The van der Waals surface area contributed by atoms with Gasteiger partial charge in [0.25, 0.3) is 0 Å². The lowest BCUT2D eigenvalue weighted by Gasteiger charge is -2.31. The summed E-state index contributed by atoms with van der Waals surface area (Å²) in [6.07, 6.45) is 2.78. The normalized spacial score (nSPS) is 16.9. The molecule has 1 aliphatic heterocycles. The van der Waals surface area contributed by atoms with Crippen molar-refractivity contribution in [2.24, 2.45) is 0 Å². The molecule has 8 heteroatoms. The zero-order chi connectivity index (χ0) is 24.9. The van der Waals surface area contributed by atoms with Crippen molar-refractivity contribution in [2.45, 2.75) is 59.1 Å². The quantitative estimate of drug-likeness (QED) is 0.346. The predicted octanol–water partition coefficient (Wildman–Crippen LogP) is 3.42. The highest BCUT2D eigenvalue weighted by molar-refractivity contribution is 5.99. The summed E-state index contributed by atoms with van der Waals surface area (Å²) >= 11 is 0. The Labute approximate surface area is 194 Å². The highest BCUT2D eigenvalue weighted by atomic mass is 16.6. The van der Waals surface area contributed by atoms with Crippen LogP contribution in [0.1, 0.15) is 58.6 Å². The third kappa shape index (κ3) is 6.79. The summed E-state index contributed by atoms with van der Waals surface area (Å²) in [6, 6.07) is 6.93. The summed E-state index contributed by atoms with van der Waals surface area (Å²) in [4.78, 5) is 36.8. The topological polar surface area (TPSA) is 125 Å². The molecule has 0 amide bonds. The van der Waals surface area contributed by atoms with Crippen molar-refractivity contribution in [1.82, 2.24) is 10.6 Å². The highest BCUT2D eigenvalue weighted by Gasteiger charge is 2.38. The maximum Gasteiger partial charge on any atom is 0.334 e. The van der Waals surface area contributed by atoms with Gasteiger partial charge in [0.2, 0.25) is 0 Å². The van der Waals surface area contributed by atoms with Gasteiger partial charge in [-0.25, -0.2) is 14.4 Å². The number of esters is 1. The smallest absolute Gasteiger partial charge is 0.334 e. The Morgan fingerprint density at radius 1 is 1.12 bits per heavy atom. The number of benzene rings is 1. The van der Waals surface area contributed by atoms with Crippen molar-refractivity contribution in [3.05, 3.63) is 64.0 Å². The van der Waals surface area contributed by atoms with E-state index in [0.717, 1.165) is 0 Å². The van der Waals surface area contributed by atoms with Crippen LogP contribution in [0.2, 0.25) is 0 Å². The number of aliphatic carboxylic acids is 2. The Morgan fingerprint density at radius 2 is 1.73 bits per heavy atom. The minimum absolute atomic E-state index is 0.0516. The van der Waals surface area contributed by atoms with Crippen LogP contribution in [0.3, 0.4) is 0 Å². The second-order valence-corrected chi connectivity index (χ2v) is 9.13. The highest BCUT2D eigenvalue weighted by Crippen LogP contribution is 2.40. The summed E-state index contributed by atoms with van der Waals surface area (Å²) in [5, 5.41) is 26.2. The molecular weight excluding hydrogens is 424 g/mol. The molecular formula is C25H32N2O6. The van der Waals surface area contributed by atoms with Gasteiger partial charge >= 0.3 is 17.9 Å². The van der Waals surface area contributed by atoms with Crippen LogP contribution in [0.4, 0.5) is 0 Å². The first-order valence-corrected chi connectivity index (χ1v) is 10.7. The van der Waals surface area contributed by atoms with Crippen LogP contribution in [0.25, 0.3) is 6.08 Å². The lowest BCUT2D eigenvalue weighted by Crippen LogP contribution is -2.37. The van der Waals surface area contributed by atoms with Gasteiger partial charge in [0.05, 0.1) is 17.1 Å². The summed E-state index contributed by atoms with van der Waals surface area (Å²) in [5.41, 5.74) is 0.984. The van der Waals surface area contributed by atoms with E-state index in [2.05, 4.69) is 10.6 Å². The van der Waals surface area contributed by atoms with Crippen molar-refractivity contribution >= 4 is 24.0 Å². The number of carbonyl (C=O) groups is 3. The van der Waals surface area contributed by atoms with E-state index in [1.807, 2.05) is 13.8 Å². The maximum atomic E-state index is 12.4. The molecule has 0 aromatic heterocycles. The van der Waals surface area contributed by atoms with E-state index < -0.39 is 29.4 Å². The molecule has 0 saturated heterocycles. The lowest BCUT2D eigenvalue weighted by molar-refractivity contribution is -0.148. The van der Waals surface area contributed by atoms with Crippen molar-refractivity contribution in [2.75, 3.05) is 6.54 Å². The minimum Gasteiger partial charge on any atom is -0.478 e. The number of hydrogen-bond acceptors (Lipinski definition) is 6. The molecule has 1 aliphatic rings. The van der Waals surface area contributed by atoms with Crippen molar-refractivity contribution in [3.63, 3.8) is 0 Å². The number of nitrogens with one attached hydrogen (secondary N) is 2. The van der Waals surface area contributed by atoms with Crippen LogP contribution in [0.15, 0.2) is 52.9 Å². The molecule has 1 aromatic carbocycles. The Hall–Kier alpha value is -3.39. The fourth-order valence-electron chi connectivity index (χ4n) is 3.61. The molecule has 4 N–H and O–H groups in total. The molecule has 1 atom stereocenters. The second kappa shape index (κ2) is 10.5. The van der Waals surface area contributed by atoms with Crippen LogP contribution in [0.5, 0.6) is 0 Å². The summed E-state index contributed by atoms with van der Waals surface area (Å²) < 4.78 is 5.30. The molecule has 178 valence electrons. The average molecular weight is 457 g/mol. The van der Waals surface area contributed by atoms with Gasteiger partial charge in [0, 0.05) is 30.1 Å². The standard InChI is InChI=1S/C25H32N2O6/c1-14(2)26-13-18-22(24(31)32)21(20(23(29)30)15(3)27-18)17-10-8-7-9-16(17)11-12-19(28)33-25(4,5)6/h7-12,14,21,26-27H,13H2,1-6H3,(H,29,30)(H,31,32). The molecule has 0 bridgehead atoms. The molecule has 0 spiro atoms. The zero-order valence-corrected chi connectivity index (χ0v) is 19.9. The third-order valence-electron chi connectivity index (χ3n) is 4.91. The SMILES string of the molecule is CC1=C(C(=O)O)C(c2ccccc2C=CC(=O)OC(C)(C)C)C(C(=O)O)=C(CNC(C)C)N1. The lowest BCUT2D eigenvalue weighted by atomic mass is 9.78. The number of hydrogen-bond donors (Lipinski definition) is 4. The van der Waals surface area contributed by atoms with Gasteiger partial charge in [-0.3, -0.25) is 0 Å². The Morgan fingerprint density at radius 3 is 2.27 bits per heavy atom. The van der Waals surface area contributed by atoms with Gasteiger partial charge in [0.1, 0.15) is 5.60 Å². The van der Waals surface area contributed by atoms with Gasteiger partial charge in [-0.15, -0.1) is 0 Å². The molecule has 8 nitrogen and oxygen atoms in total. The van der Waals surface area contributed by atoms with Crippen molar-refractivity contribution < 1.29 is 29.3 Å². The molecule has 1 aromatic rings. The second-order valence-electron chi connectivity index (χ2n) is 9.13. The molecule has 33 heavy (non-hydrogen) atoms. The fourth-order valence-corrected chi connectivity index (χ4v) is 3.61. The van der Waals surface area contributed by atoms with Crippen LogP contribution in [0, 0.1) is 0 Å². The van der Waals surface area contributed by atoms with Crippen LogP contribution < -0.4 is 10.6 Å². The molecule has 0 radical (unpaired) electrons. The van der Waals surface area contributed by atoms with Crippen molar-refractivity contribution in [1.29, 1.82) is 0 Å². The van der Waals surface area contributed by atoms with E-state index >= 15 is 0 Å². The van der Waals surface area contributed by atoms with Crippen LogP contribution in [-0.4, -0.2) is 46.3 Å². The first kappa shape index (κ1) is 25.9. The number of carbonyl (C=O) groups excluding carboxylic acids is 1. The Kier molecular flexibility index (Phi) is 8.22. The van der Waals surface area contributed by atoms with Crippen molar-refractivity contribution in [3.8, 4) is 0 Å². The number of rotatable bonds is 8. The van der Waals surface area contributed by atoms with Crippen LogP contribution >= 0.6 is 0 Å². The molecule has 0 fully saturated rings. The number of carboxylic acid groups (broad SMARTS) is 2. The van der Waals surface area contributed by atoms with Crippen LogP contribution in [-0.2, 0) is 19.1 Å². The molecule has 1 unspecified atom stereocenters. The summed E-state index contributed by atoms with van der Waals surface area (Å²) in [5.74, 6) is -4.02. The van der Waals surface area contributed by atoms with Gasteiger partial charge in [-0.1, -0.05) is 38.1 Å². The van der Waals surface area contributed by atoms with E-state index in [4.69, 9.17) is 4.74 Å². The molecule has 2 rings (SSSR count). The number of dihydropyridines is 1. The van der Waals surface area contributed by atoms with E-state index in [9.17, 15) is 24.6 Å².